The highest BCUT2D eigenvalue weighted by molar-refractivity contribution is 5.43. The van der Waals surface area contributed by atoms with E-state index in [1.54, 1.807) is 0 Å². The first-order valence-electron chi connectivity index (χ1n) is 6.66. The molecule has 100 valence electrons. The Hall–Kier alpha value is -1.36. The Morgan fingerprint density at radius 3 is 2.94 bits per heavy atom. The first-order chi connectivity index (χ1) is 8.69. The number of nitrogens with zero attached hydrogens (tertiary/aromatic N) is 2. The van der Waals surface area contributed by atoms with Gasteiger partial charge in [-0.2, -0.15) is 4.98 Å². The summed E-state index contributed by atoms with van der Waals surface area (Å²) in [5, 5.41) is 6.65. The second-order valence-electron chi connectivity index (χ2n) is 4.76. The highest BCUT2D eigenvalue weighted by atomic mass is 16.5. The van der Waals surface area contributed by atoms with Gasteiger partial charge in [0.1, 0.15) is 5.82 Å². The van der Waals surface area contributed by atoms with Crippen LogP contribution in [0.25, 0.3) is 0 Å². The Balaban J connectivity index is 2.05. The molecule has 5 nitrogen and oxygen atoms in total. The van der Waals surface area contributed by atoms with E-state index in [-0.39, 0.29) is 6.10 Å². The molecule has 2 rings (SSSR count). The van der Waals surface area contributed by atoms with E-state index in [1.807, 2.05) is 13.0 Å². The fourth-order valence-corrected chi connectivity index (χ4v) is 2.07. The largest absolute Gasteiger partial charge is 0.376 e. The Kier molecular flexibility index (Phi) is 4.36. The van der Waals surface area contributed by atoms with Crippen molar-refractivity contribution >= 4 is 11.8 Å². The van der Waals surface area contributed by atoms with Crippen molar-refractivity contribution in [2.75, 3.05) is 23.8 Å². The minimum Gasteiger partial charge on any atom is -0.376 e. The van der Waals surface area contributed by atoms with Crippen LogP contribution in [0, 0.1) is 6.92 Å². The summed E-state index contributed by atoms with van der Waals surface area (Å²) in [5.41, 5.74) is 0.970. The van der Waals surface area contributed by atoms with Crippen molar-refractivity contribution in [2.45, 2.75) is 45.8 Å². The molecule has 1 aromatic rings. The van der Waals surface area contributed by atoms with Gasteiger partial charge in [-0.3, -0.25) is 0 Å². The lowest BCUT2D eigenvalue weighted by molar-refractivity contribution is 0.121. The van der Waals surface area contributed by atoms with E-state index in [0.717, 1.165) is 37.5 Å². The summed E-state index contributed by atoms with van der Waals surface area (Å²) in [6, 6.07) is 2.32. The quantitative estimate of drug-likeness (QED) is 0.839. The average Bonchev–Trinajstić information content (AvgIpc) is 2.72. The van der Waals surface area contributed by atoms with Crippen LogP contribution >= 0.6 is 0 Å². The van der Waals surface area contributed by atoms with Gasteiger partial charge >= 0.3 is 0 Å². The zero-order valence-corrected chi connectivity index (χ0v) is 11.4. The molecule has 1 aliphatic heterocycles. The van der Waals surface area contributed by atoms with E-state index in [9.17, 15) is 0 Å². The SMILES string of the molecule is CCCNc1nc(C)cc(NC2CCOC2C)n1. The van der Waals surface area contributed by atoms with Crippen molar-refractivity contribution in [1.82, 2.24) is 9.97 Å². The van der Waals surface area contributed by atoms with E-state index in [0.29, 0.717) is 12.0 Å². The standard InChI is InChI=1S/C13H22N4O/c1-4-6-14-13-15-9(2)8-12(17-13)16-11-5-7-18-10(11)3/h8,10-11H,4-7H2,1-3H3,(H2,14,15,16,17). The first kappa shape index (κ1) is 13.1. The summed E-state index contributed by atoms with van der Waals surface area (Å²) < 4.78 is 5.54. The molecule has 0 aliphatic carbocycles. The van der Waals surface area contributed by atoms with Crippen LogP contribution in [0.5, 0.6) is 0 Å². The Morgan fingerprint density at radius 1 is 1.44 bits per heavy atom. The van der Waals surface area contributed by atoms with Gasteiger partial charge in [-0.1, -0.05) is 6.92 Å². The molecule has 0 spiro atoms. The topological polar surface area (TPSA) is 59.1 Å². The monoisotopic (exact) mass is 250 g/mol. The van der Waals surface area contributed by atoms with Crippen LogP contribution in [0.1, 0.15) is 32.4 Å². The number of hydrogen-bond donors (Lipinski definition) is 2. The lowest BCUT2D eigenvalue weighted by Crippen LogP contribution is -2.27. The molecule has 1 fully saturated rings. The van der Waals surface area contributed by atoms with Gasteiger partial charge in [0.15, 0.2) is 0 Å². The van der Waals surface area contributed by atoms with Crippen molar-refractivity contribution in [2.24, 2.45) is 0 Å². The van der Waals surface area contributed by atoms with Crippen molar-refractivity contribution in [1.29, 1.82) is 0 Å². The maximum atomic E-state index is 5.54. The predicted molar refractivity (Wildman–Crippen MR) is 73.0 cm³/mol. The maximum absolute atomic E-state index is 5.54. The zero-order chi connectivity index (χ0) is 13.0. The Labute approximate surface area is 108 Å². The highest BCUT2D eigenvalue weighted by Gasteiger charge is 2.24. The molecule has 0 radical (unpaired) electrons. The molecule has 2 atom stereocenters. The third kappa shape index (κ3) is 3.32. The van der Waals surface area contributed by atoms with Crippen molar-refractivity contribution in [3.05, 3.63) is 11.8 Å². The normalized spacial score (nSPS) is 23.1. The molecule has 18 heavy (non-hydrogen) atoms. The number of anilines is 2. The maximum Gasteiger partial charge on any atom is 0.224 e. The molecule has 2 N–H and O–H groups in total. The zero-order valence-electron chi connectivity index (χ0n) is 11.4. The summed E-state index contributed by atoms with van der Waals surface area (Å²) in [6.45, 7) is 7.92. The van der Waals surface area contributed by atoms with Crippen LogP contribution in [-0.2, 0) is 4.74 Å². The van der Waals surface area contributed by atoms with Crippen molar-refractivity contribution < 1.29 is 4.74 Å². The van der Waals surface area contributed by atoms with Gasteiger partial charge in [0.05, 0.1) is 12.1 Å². The second-order valence-corrected chi connectivity index (χ2v) is 4.76. The minimum absolute atomic E-state index is 0.243. The fourth-order valence-electron chi connectivity index (χ4n) is 2.07. The van der Waals surface area contributed by atoms with Gasteiger partial charge in [0.2, 0.25) is 5.95 Å². The lowest BCUT2D eigenvalue weighted by atomic mass is 10.1. The Bertz CT molecular complexity index is 397. The number of hydrogen-bond acceptors (Lipinski definition) is 5. The van der Waals surface area contributed by atoms with Crippen LogP contribution in [0.3, 0.4) is 0 Å². The second kappa shape index (κ2) is 6.00. The number of ether oxygens (including phenoxy) is 1. The first-order valence-corrected chi connectivity index (χ1v) is 6.66. The van der Waals surface area contributed by atoms with E-state index in [2.05, 4.69) is 34.4 Å². The third-order valence-corrected chi connectivity index (χ3v) is 3.10. The molecule has 1 aliphatic rings. The molecule has 1 saturated heterocycles. The molecule has 0 aromatic carbocycles. The van der Waals surface area contributed by atoms with Crippen LogP contribution in [0.15, 0.2) is 6.07 Å². The molecule has 1 aromatic heterocycles. The summed E-state index contributed by atoms with van der Waals surface area (Å²) in [7, 11) is 0. The minimum atomic E-state index is 0.243. The lowest BCUT2D eigenvalue weighted by Gasteiger charge is -2.17. The Morgan fingerprint density at radius 2 is 2.28 bits per heavy atom. The molecule has 2 unspecified atom stereocenters. The van der Waals surface area contributed by atoms with Gasteiger partial charge in [-0.15, -0.1) is 0 Å². The number of rotatable bonds is 5. The van der Waals surface area contributed by atoms with E-state index < -0.39 is 0 Å². The molecule has 2 heterocycles. The average molecular weight is 250 g/mol. The van der Waals surface area contributed by atoms with Gasteiger partial charge in [-0.05, 0) is 26.7 Å². The van der Waals surface area contributed by atoms with Crippen LogP contribution in [-0.4, -0.2) is 35.3 Å². The molecule has 0 saturated carbocycles. The fraction of sp³-hybridized carbons (Fsp3) is 0.692. The van der Waals surface area contributed by atoms with Crippen molar-refractivity contribution in [3.63, 3.8) is 0 Å². The van der Waals surface area contributed by atoms with E-state index in [4.69, 9.17) is 4.74 Å². The van der Waals surface area contributed by atoms with E-state index >= 15 is 0 Å². The summed E-state index contributed by atoms with van der Waals surface area (Å²) >= 11 is 0. The highest BCUT2D eigenvalue weighted by Crippen LogP contribution is 2.18. The number of nitrogens with one attached hydrogen (secondary N) is 2. The molecule has 0 bridgehead atoms. The molecule has 0 amide bonds. The molecular formula is C13H22N4O. The van der Waals surface area contributed by atoms with Gasteiger partial charge in [0.25, 0.3) is 0 Å². The van der Waals surface area contributed by atoms with Gasteiger partial charge in [-0.25, -0.2) is 4.98 Å². The third-order valence-electron chi connectivity index (χ3n) is 3.10. The summed E-state index contributed by atoms with van der Waals surface area (Å²) in [4.78, 5) is 8.85. The smallest absolute Gasteiger partial charge is 0.224 e. The summed E-state index contributed by atoms with van der Waals surface area (Å²) in [5.74, 6) is 1.58. The number of aryl methyl sites for hydroxylation is 1. The predicted octanol–water partition coefficient (Wildman–Crippen LogP) is 2.20. The van der Waals surface area contributed by atoms with Gasteiger partial charge in [0, 0.05) is 24.9 Å². The van der Waals surface area contributed by atoms with Crippen LogP contribution in [0.4, 0.5) is 11.8 Å². The molecular weight excluding hydrogens is 228 g/mol. The molecule has 5 heteroatoms. The van der Waals surface area contributed by atoms with E-state index in [1.165, 1.54) is 0 Å². The van der Waals surface area contributed by atoms with Gasteiger partial charge < -0.3 is 15.4 Å². The van der Waals surface area contributed by atoms with Crippen LogP contribution < -0.4 is 10.6 Å². The summed E-state index contributed by atoms with van der Waals surface area (Å²) in [6.07, 6.45) is 2.34. The van der Waals surface area contributed by atoms with Crippen LogP contribution in [0.2, 0.25) is 0 Å². The number of aromatic nitrogens is 2. The van der Waals surface area contributed by atoms with Crippen molar-refractivity contribution in [3.8, 4) is 0 Å².